The van der Waals surface area contributed by atoms with Crippen LogP contribution in [0.1, 0.15) is 40.5 Å². The SMILES string of the molecule is CCN(CC)CCC[C@@H](C)N=C(C)C1C(=O)N(C)C(=O)N(C)C1=O. The van der Waals surface area contributed by atoms with Crippen molar-refractivity contribution in [3.05, 3.63) is 0 Å². The molecule has 1 heterocycles. The molecule has 0 radical (unpaired) electrons. The maximum absolute atomic E-state index is 12.3. The number of hydrogen-bond acceptors (Lipinski definition) is 5. The molecule has 1 aliphatic rings. The Kier molecular flexibility index (Phi) is 7.54. The Morgan fingerprint density at radius 1 is 1.12 bits per heavy atom. The van der Waals surface area contributed by atoms with Crippen LogP contribution in [0.5, 0.6) is 0 Å². The molecule has 7 nitrogen and oxygen atoms in total. The molecule has 0 aromatic heterocycles. The Labute approximate surface area is 144 Å². The monoisotopic (exact) mass is 338 g/mol. The standard InChI is InChI=1S/C17H30N4O3/c1-7-21(8-2)11-9-10-12(3)18-13(4)14-15(22)19(5)17(24)20(6)16(14)23/h12,14H,7-11H2,1-6H3/t12-/m1/s1. The van der Waals surface area contributed by atoms with Crippen molar-refractivity contribution in [3.63, 3.8) is 0 Å². The van der Waals surface area contributed by atoms with Gasteiger partial charge in [0.25, 0.3) is 0 Å². The van der Waals surface area contributed by atoms with E-state index in [0.29, 0.717) is 5.71 Å². The smallest absolute Gasteiger partial charge is 0.304 e. The van der Waals surface area contributed by atoms with Crippen LogP contribution in [-0.2, 0) is 9.59 Å². The summed E-state index contributed by atoms with van der Waals surface area (Å²) >= 11 is 0. The lowest BCUT2D eigenvalue weighted by atomic mass is 9.98. The third-order valence-electron chi connectivity index (χ3n) is 4.56. The first-order valence-electron chi connectivity index (χ1n) is 8.60. The van der Waals surface area contributed by atoms with Crippen molar-refractivity contribution in [1.29, 1.82) is 0 Å². The number of hydrogen-bond donors (Lipinski definition) is 0. The largest absolute Gasteiger partial charge is 0.332 e. The van der Waals surface area contributed by atoms with Gasteiger partial charge in [0.05, 0.1) is 0 Å². The minimum atomic E-state index is -0.983. The molecule has 0 aliphatic carbocycles. The summed E-state index contributed by atoms with van der Waals surface area (Å²) in [6.45, 7) is 11.1. The molecule has 1 atom stereocenters. The summed E-state index contributed by atoms with van der Waals surface area (Å²) in [5.41, 5.74) is 0.478. The van der Waals surface area contributed by atoms with Crippen LogP contribution in [0.4, 0.5) is 4.79 Å². The number of carbonyl (C=O) groups excluding carboxylic acids is 3. The van der Waals surface area contributed by atoms with Crippen LogP contribution in [0.25, 0.3) is 0 Å². The van der Waals surface area contributed by atoms with Gasteiger partial charge in [-0.3, -0.25) is 24.4 Å². The number of aliphatic imine (C=N–C) groups is 1. The van der Waals surface area contributed by atoms with Gasteiger partial charge in [-0.15, -0.1) is 0 Å². The molecule has 1 saturated heterocycles. The second-order valence-electron chi connectivity index (χ2n) is 6.30. The molecule has 0 spiro atoms. The van der Waals surface area contributed by atoms with Crippen LogP contribution in [0.2, 0.25) is 0 Å². The van der Waals surface area contributed by atoms with Gasteiger partial charge in [0.15, 0.2) is 5.92 Å². The Morgan fingerprint density at radius 3 is 2.08 bits per heavy atom. The maximum Gasteiger partial charge on any atom is 0.332 e. The number of rotatable bonds is 8. The molecule has 4 amide bonds. The number of urea groups is 1. The number of barbiturate groups is 1. The van der Waals surface area contributed by atoms with Crippen LogP contribution >= 0.6 is 0 Å². The predicted octanol–water partition coefficient (Wildman–Crippen LogP) is 1.62. The lowest BCUT2D eigenvalue weighted by Crippen LogP contribution is -2.58. The molecule has 136 valence electrons. The highest BCUT2D eigenvalue weighted by Gasteiger charge is 2.43. The van der Waals surface area contributed by atoms with Crippen molar-refractivity contribution in [1.82, 2.24) is 14.7 Å². The van der Waals surface area contributed by atoms with E-state index in [1.54, 1.807) is 6.92 Å². The van der Waals surface area contributed by atoms with Crippen LogP contribution in [-0.4, -0.2) is 78.0 Å². The van der Waals surface area contributed by atoms with Crippen LogP contribution in [0.15, 0.2) is 4.99 Å². The first-order valence-corrected chi connectivity index (χ1v) is 8.60. The highest BCUT2D eigenvalue weighted by molar-refractivity contribution is 6.26. The number of nitrogens with zero attached hydrogens (tertiary/aromatic N) is 4. The third kappa shape index (κ3) is 4.63. The number of amides is 4. The van der Waals surface area contributed by atoms with E-state index in [2.05, 4.69) is 23.7 Å². The molecule has 1 aliphatic heterocycles. The number of imide groups is 2. The van der Waals surface area contributed by atoms with Crippen molar-refractivity contribution in [3.8, 4) is 0 Å². The highest BCUT2D eigenvalue weighted by Crippen LogP contribution is 2.18. The average molecular weight is 338 g/mol. The first-order chi connectivity index (χ1) is 11.2. The molecule has 0 aromatic rings. The van der Waals surface area contributed by atoms with Crippen LogP contribution in [0, 0.1) is 5.92 Å². The lowest BCUT2D eigenvalue weighted by molar-refractivity contribution is -0.144. The van der Waals surface area contributed by atoms with E-state index in [9.17, 15) is 14.4 Å². The fourth-order valence-corrected chi connectivity index (χ4v) is 2.90. The zero-order chi connectivity index (χ0) is 18.4. The van der Waals surface area contributed by atoms with Crippen molar-refractivity contribution in [2.45, 2.75) is 46.6 Å². The van der Waals surface area contributed by atoms with E-state index in [1.807, 2.05) is 6.92 Å². The zero-order valence-corrected chi connectivity index (χ0v) is 15.7. The molecule has 7 heteroatoms. The van der Waals surface area contributed by atoms with Crippen LogP contribution < -0.4 is 0 Å². The second-order valence-corrected chi connectivity index (χ2v) is 6.30. The fourth-order valence-electron chi connectivity index (χ4n) is 2.90. The van der Waals surface area contributed by atoms with Gasteiger partial charge in [-0.25, -0.2) is 4.79 Å². The number of carbonyl (C=O) groups is 3. The van der Waals surface area contributed by atoms with Crippen LogP contribution in [0.3, 0.4) is 0 Å². The molecular formula is C17H30N4O3. The summed E-state index contributed by atoms with van der Waals surface area (Å²) in [5.74, 6) is -1.98. The second kappa shape index (κ2) is 8.92. The topological polar surface area (TPSA) is 73.3 Å². The van der Waals surface area contributed by atoms with Gasteiger partial charge < -0.3 is 4.90 Å². The highest BCUT2D eigenvalue weighted by atomic mass is 16.2. The van der Waals surface area contributed by atoms with Gasteiger partial charge >= 0.3 is 6.03 Å². The summed E-state index contributed by atoms with van der Waals surface area (Å²) in [6, 6.07) is -0.560. The van der Waals surface area contributed by atoms with Crippen molar-refractivity contribution in [2.24, 2.45) is 10.9 Å². The summed E-state index contributed by atoms with van der Waals surface area (Å²) in [4.78, 5) is 45.2. The zero-order valence-electron chi connectivity index (χ0n) is 15.7. The van der Waals surface area contributed by atoms with E-state index >= 15 is 0 Å². The molecular weight excluding hydrogens is 308 g/mol. The van der Waals surface area contributed by atoms with E-state index < -0.39 is 23.8 Å². The first kappa shape index (κ1) is 20.3. The molecule has 0 N–H and O–H groups in total. The Balaban J connectivity index is 2.71. The minimum Gasteiger partial charge on any atom is -0.304 e. The minimum absolute atomic E-state index is 0.0365. The van der Waals surface area contributed by atoms with E-state index in [-0.39, 0.29) is 6.04 Å². The lowest BCUT2D eigenvalue weighted by Gasteiger charge is -2.33. The van der Waals surface area contributed by atoms with Gasteiger partial charge in [-0.05, 0) is 46.3 Å². The molecule has 1 rings (SSSR count). The quantitative estimate of drug-likeness (QED) is 0.498. The Bertz CT molecular complexity index is 490. The maximum atomic E-state index is 12.3. The van der Waals surface area contributed by atoms with Gasteiger partial charge in [0, 0.05) is 25.8 Å². The summed E-state index contributed by atoms with van der Waals surface area (Å²) in [7, 11) is 2.78. The van der Waals surface area contributed by atoms with E-state index in [1.165, 1.54) is 14.1 Å². The van der Waals surface area contributed by atoms with Gasteiger partial charge in [-0.2, -0.15) is 0 Å². The van der Waals surface area contributed by atoms with Gasteiger partial charge in [0.2, 0.25) is 11.8 Å². The van der Waals surface area contributed by atoms with Crippen molar-refractivity contribution in [2.75, 3.05) is 33.7 Å². The van der Waals surface area contributed by atoms with Crippen molar-refractivity contribution < 1.29 is 14.4 Å². The fraction of sp³-hybridized carbons (Fsp3) is 0.765. The third-order valence-corrected chi connectivity index (χ3v) is 4.56. The molecule has 24 heavy (non-hydrogen) atoms. The molecule has 0 aromatic carbocycles. The summed E-state index contributed by atoms with van der Waals surface area (Å²) in [6.07, 6.45) is 1.91. The summed E-state index contributed by atoms with van der Waals surface area (Å²) in [5, 5.41) is 0. The molecule has 1 fully saturated rings. The van der Waals surface area contributed by atoms with E-state index in [4.69, 9.17) is 0 Å². The molecule has 0 bridgehead atoms. The average Bonchev–Trinajstić information content (AvgIpc) is 2.55. The van der Waals surface area contributed by atoms with Gasteiger partial charge in [0.1, 0.15) is 0 Å². The molecule has 0 unspecified atom stereocenters. The van der Waals surface area contributed by atoms with E-state index in [0.717, 1.165) is 42.3 Å². The normalized spacial score (nSPS) is 18.8. The Morgan fingerprint density at radius 2 is 1.62 bits per heavy atom. The summed E-state index contributed by atoms with van der Waals surface area (Å²) < 4.78 is 0. The van der Waals surface area contributed by atoms with Gasteiger partial charge in [-0.1, -0.05) is 13.8 Å². The molecule has 0 saturated carbocycles. The predicted molar refractivity (Wildman–Crippen MR) is 94.0 cm³/mol. The Hall–Kier alpha value is -1.76. The van der Waals surface area contributed by atoms with Crippen molar-refractivity contribution >= 4 is 23.6 Å².